The Bertz CT molecular complexity index is 2580. The van der Waals surface area contributed by atoms with Crippen molar-refractivity contribution >= 4 is 51.2 Å². The van der Waals surface area contributed by atoms with Crippen molar-refractivity contribution in [2.75, 3.05) is 42.5 Å². The molecule has 14 nitrogen and oxygen atoms in total. The van der Waals surface area contributed by atoms with Crippen LogP contribution in [0.15, 0.2) is 71.5 Å². The van der Waals surface area contributed by atoms with E-state index in [2.05, 4.69) is 89.9 Å². The Morgan fingerprint density at radius 2 is 1.72 bits per heavy atom. The molecule has 2 saturated carbocycles. The molecule has 1 atom stereocenters. The van der Waals surface area contributed by atoms with Gasteiger partial charge in [0.2, 0.25) is 5.91 Å². The number of piperazine rings is 1. The number of urea groups is 1. The maximum absolute atomic E-state index is 13.0. The molecule has 4 aliphatic rings. The number of H-pyrrole nitrogens is 1. The molecule has 5 heterocycles. The molecule has 58 heavy (non-hydrogen) atoms. The van der Waals surface area contributed by atoms with E-state index in [0.29, 0.717) is 30.7 Å². The van der Waals surface area contributed by atoms with E-state index in [0.717, 1.165) is 102 Å². The number of rotatable bonds is 9. The number of anilines is 2. The molecule has 4 fully saturated rings. The molecule has 6 aromatic rings. The number of aromatic amines is 1. The highest BCUT2D eigenvalue weighted by molar-refractivity contribution is 6.12. The van der Waals surface area contributed by atoms with Crippen molar-refractivity contribution in [2.45, 2.75) is 76.3 Å². The van der Waals surface area contributed by atoms with Crippen LogP contribution < -0.4 is 20.4 Å². The molecular weight excluding hydrogens is 733 g/mol. The van der Waals surface area contributed by atoms with Crippen molar-refractivity contribution in [1.29, 1.82) is 0 Å². The summed E-state index contributed by atoms with van der Waals surface area (Å²) in [6, 6.07) is 21.1. The molecule has 0 radical (unpaired) electrons. The van der Waals surface area contributed by atoms with E-state index in [1.54, 1.807) is 11.2 Å². The van der Waals surface area contributed by atoms with Gasteiger partial charge in [0.1, 0.15) is 12.0 Å². The van der Waals surface area contributed by atoms with Crippen molar-refractivity contribution in [2.24, 2.45) is 0 Å². The maximum Gasteiger partial charge on any atom is 0.328 e. The molecule has 3 N–H and O–H groups in total. The number of benzene rings is 3. The van der Waals surface area contributed by atoms with Crippen LogP contribution in [0, 0.1) is 6.92 Å². The smallest absolute Gasteiger partial charge is 0.328 e. The molecule has 4 amide bonds. The van der Waals surface area contributed by atoms with Crippen LogP contribution in [0.3, 0.4) is 0 Å². The number of aryl methyl sites for hydroxylation is 1. The minimum Gasteiger partial charge on any atom is -0.369 e. The van der Waals surface area contributed by atoms with Crippen LogP contribution in [0.25, 0.3) is 33.2 Å². The second kappa shape index (κ2) is 14.0. The number of nitrogens with zero attached hydrogens (tertiary/aromatic N) is 7. The predicted molar refractivity (Wildman–Crippen MR) is 220 cm³/mol. The molecule has 2 aliphatic heterocycles. The van der Waals surface area contributed by atoms with Crippen molar-refractivity contribution in [1.82, 2.24) is 40.6 Å². The Morgan fingerprint density at radius 1 is 0.948 bits per heavy atom. The van der Waals surface area contributed by atoms with E-state index in [1.165, 1.54) is 11.3 Å². The molecule has 296 valence electrons. The summed E-state index contributed by atoms with van der Waals surface area (Å²) in [5.41, 5.74) is 8.96. The zero-order valence-corrected chi connectivity index (χ0v) is 32.9. The average molecular weight is 779 g/mol. The Labute approximate surface area is 335 Å². The standard InChI is InChI=1S/C44H46N10O4/c1-25-20-28(6-10-33(25)26(2)47-40(56)41-50-42(51-58-41)44(3)13-14-44)38-37-34-11-9-31(23-35(34)48-39(37)46-24-45-38)52-16-18-53(19-17-52)32-21-29(22-32)27-4-7-30(8-5-27)54-15-12-36(55)49-43(54)57/h4-11,20,23-24,26,29,32H,12-19,21-22H2,1-3H3,(H,47,56)(H,45,46,48)(H,49,55,57)/t26-,29?,32?/m1/s1. The summed E-state index contributed by atoms with van der Waals surface area (Å²) < 4.78 is 5.29. The molecule has 0 unspecified atom stereocenters. The Morgan fingerprint density at radius 3 is 2.47 bits per heavy atom. The van der Waals surface area contributed by atoms with E-state index in [4.69, 9.17) is 9.51 Å². The number of fused-ring (bicyclic) bond motifs is 3. The summed E-state index contributed by atoms with van der Waals surface area (Å²) in [5, 5.41) is 11.5. The number of carbonyl (C=O) groups is 3. The Balaban J connectivity index is 0.775. The van der Waals surface area contributed by atoms with Gasteiger partial charge < -0.3 is 19.7 Å². The van der Waals surface area contributed by atoms with Crippen LogP contribution in [0.5, 0.6) is 0 Å². The fourth-order valence-electron chi connectivity index (χ4n) is 8.99. The number of aromatic nitrogens is 5. The van der Waals surface area contributed by atoms with E-state index >= 15 is 0 Å². The lowest BCUT2D eigenvalue weighted by atomic mass is 9.75. The second-order valence-electron chi connectivity index (χ2n) is 16.7. The van der Waals surface area contributed by atoms with Gasteiger partial charge in [0.05, 0.1) is 17.1 Å². The minimum absolute atomic E-state index is 0.00566. The number of amides is 4. The van der Waals surface area contributed by atoms with Crippen LogP contribution in [0.4, 0.5) is 16.2 Å². The largest absolute Gasteiger partial charge is 0.369 e. The summed E-state index contributed by atoms with van der Waals surface area (Å²) >= 11 is 0. The number of carbonyl (C=O) groups excluding carboxylic acids is 3. The van der Waals surface area contributed by atoms with Crippen LogP contribution in [0.2, 0.25) is 0 Å². The van der Waals surface area contributed by atoms with E-state index < -0.39 is 0 Å². The Kier molecular flexibility index (Phi) is 8.77. The lowest BCUT2D eigenvalue weighted by molar-refractivity contribution is -0.120. The topological polar surface area (TPSA) is 165 Å². The van der Waals surface area contributed by atoms with Gasteiger partial charge in [0.25, 0.3) is 0 Å². The minimum atomic E-state index is -0.378. The summed E-state index contributed by atoms with van der Waals surface area (Å²) in [4.78, 5) is 60.8. The van der Waals surface area contributed by atoms with Crippen LogP contribution in [-0.4, -0.2) is 86.6 Å². The zero-order chi connectivity index (χ0) is 39.7. The lowest BCUT2D eigenvalue weighted by Gasteiger charge is -2.47. The lowest BCUT2D eigenvalue weighted by Crippen LogP contribution is -2.53. The fraction of sp³-hybridized carbons (Fsp3) is 0.386. The van der Waals surface area contributed by atoms with Crippen molar-refractivity contribution in [3.63, 3.8) is 0 Å². The molecule has 0 bridgehead atoms. The number of hydrogen-bond donors (Lipinski definition) is 3. The van der Waals surface area contributed by atoms with E-state index in [1.807, 2.05) is 32.0 Å². The van der Waals surface area contributed by atoms with Gasteiger partial charge in [-0.25, -0.2) is 14.8 Å². The average Bonchev–Trinajstić information content (AvgIpc) is 3.58. The van der Waals surface area contributed by atoms with Gasteiger partial charge in [-0.15, -0.1) is 0 Å². The number of nitrogens with one attached hydrogen (secondary N) is 3. The summed E-state index contributed by atoms with van der Waals surface area (Å²) in [6.07, 6.45) is 6.23. The van der Waals surface area contributed by atoms with E-state index in [9.17, 15) is 14.4 Å². The first-order chi connectivity index (χ1) is 28.1. The highest BCUT2D eigenvalue weighted by Gasteiger charge is 2.44. The molecule has 3 aromatic heterocycles. The van der Waals surface area contributed by atoms with Crippen molar-refractivity contribution in [3.05, 3.63) is 95.4 Å². The number of imide groups is 1. The second-order valence-corrected chi connectivity index (χ2v) is 16.7. The highest BCUT2D eigenvalue weighted by atomic mass is 16.5. The molecule has 2 saturated heterocycles. The first kappa shape index (κ1) is 36.2. The van der Waals surface area contributed by atoms with Gasteiger partial charge in [-0.05, 0) is 92.5 Å². The third kappa shape index (κ3) is 6.54. The summed E-state index contributed by atoms with van der Waals surface area (Å²) in [7, 11) is 0. The molecule has 0 spiro atoms. The quantitative estimate of drug-likeness (QED) is 0.147. The summed E-state index contributed by atoms with van der Waals surface area (Å²) in [6.45, 7) is 10.5. The normalized spacial score (nSPS) is 21.2. The van der Waals surface area contributed by atoms with Gasteiger partial charge in [0.15, 0.2) is 5.82 Å². The Hall–Kier alpha value is -6.15. The SMILES string of the molecule is Cc1cc(-c2ncnc3[nH]c4cc(N5CCN(C6CC(c7ccc(N8CCC(=O)NC8=O)cc7)C6)CC5)ccc4c23)ccc1[C@@H](C)NC(=O)c1nc(C2(C)CC2)no1. The highest BCUT2D eigenvalue weighted by Crippen LogP contribution is 2.46. The monoisotopic (exact) mass is 778 g/mol. The molecule has 14 heteroatoms. The van der Waals surface area contributed by atoms with Crippen molar-refractivity contribution in [3.8, 4) is 11.3 Å². The van der Waals surface area contributed by atoms with Gasteiger partial charge in [-0.1, -0.05) is 42.4 Å². The fourth-order valence-corrected chi connectivity index (χ4v) is 8.99. The number of hydrogen-bond acceptors (Lipinski definition) is 10. The van der Waals surface area contributed by atoms with Crippen LogP contribution in [-0.2, 0) is 10.2 Å². The first-order valence-corrected chi connectivity index (χ1v) is 20.3. The van der Waals surface area contributed by atoms with E-state index in [-0.39, 0.29) is 35.2 Å². The molecular formula is C44H46N10O4. The zero-order valence-electron chi connectivity index (χ0n) is 32.9. The third-order valence-electron chi connectivity index (χ3n) is 12.9. The van der Waals surface area contributed by atoms with Gasteiger partial charge in [-0.3, -0.25) is 24.7 Å². The molecule has 10 rings (SSSR count). The predicted octanol–water partition coefficient (Wildman–Crippen LogP) is 6.53. The van der Waals surface area contributed by atoms with Crippen molar-refractivity contribution < 1.29 is 18.9 Å². The van der Waals surface area contributed by atoms with Crippen LogP contribution >= 0.6 is 0 Å². The third-order valence-corrected chi connectivity index (χ3v) is 12.9. The van der Waals surface area contributed by atoms with Crippen LogP contribution in [0.1, 0.15) is 91.1 Å². The van der Waals surface area contributed by atoms with Gasteiger partial charge >= 0.3 is 17.8 Å². The summed E-state index contributed by atoms with van der Waals surface area (Å²) in [5.74, 6) is 0.523. The molecule has 3 aromatic carbocycles. The first-order valence-electron chi connectivity index (χ1n) is 20.3. The van der Waals surface area contributed by atoms with Gasteiger partial charge in [0, 0.05) is 78.4 Å². The maximum atomic E-state index is 13.0. The molecule has 2 aliphatic carbocycles. The van der Waals surface area contributed by atoms with Gasteiger partial charge in [-0.2, -0.15) is 4.98 Å².